The van der Waals surface area contributed by atoms with Crippen molar-refractivity contribution in [3.63, 3.8) is 0 Å². The molecule has 1 nitrogen and oxygen atoms in total. The molecule has 1 aromatic rings. The summed E-state index contributed by atoms with van der Waals surface area (Å²) in [5.74, 6) is 0.904. The maximum Gasteiger partial charge on any atom is 0.0412 e. The molecule has 0 aromatic heterocycles. The molecule has 1 aliphatic carbocycles. The predicted octanol–water partition coefficient (Wildman–Crippen LogP) is 4.84. The first-order valence-electron chi connectivity index (χ1n) is 7.92. The second-order valence-electron chi connectivity index (χ2n) is 6.56. The van der Waals surface area contributed by atoms with E-state index in [1.807, 2.05) is 0 Å². The van der Waals surface area contributed by atoms with E-state index < -0.39 is 0 Å². The average Bonchev–Trinajstić information content (AvgIpc) is 2.53. The first-order chi connectivity index (χ1) is 9.05. The van der Waals surface area contributed by atoms with Crippen LogP contribution in [0.4, 0.5) is 0 Å². The highest BCUT2D eigenvalue weighted by atomic mass is 14.7. The number of hydrogen-bond donors (Lipinski definition) is 1. The maximum absolute atomic E-state index is 6.79. The zero-order valence-electron chi connectivity index (χ0n) is 12.8. The van der Waals surface area contributed by atoms with Crippen LogP contribution >= 0.6 is 0 Å². The molecule has 2 unspecified atom stereocenters. The van der Waals surface area contributed by atoms with Crippen molar-refractivity contribution in [2.75, 3.05) is 0 Å². The fourth-order valence-corrected chi connectivity index (χ4v) is 3.78. The second-order valence-corrected chi connectivity index (χ2v) is 6.56. The minimum absolute atomic E-state index is 0.0831. The van der Waals surface area contributed by atoms with Crippen molar-refractivity contribution in [3.05, 3.63) is 34.9 Å². The number of hydrogen-bond acceptors (Lipinski definition) is 1. The molecule has 1 aromatic carbocycles. The number of benzene rings is 1. The van der Waals surface area contributed by atoms with Crippen molar-refractivity contribution < 1.29 is 0 Å². The Hall–Kier alpha value is -0.820. The fraction of sp³-hybridized carbons (Fsp3) is 0.667. The summed E-state index contributed by atoms with van der Waals surface area (Å²) in [6, 6.07) is 6.76. The van der Waals surface area contributed by atoms with Crippen LogP contribution in [-0.4, -0.2) is 0 Å². The normalized spacial score (nSPS) is 28.1. The van der Waals surface area contributed by atoms with E-state index in [2.05, 4.69) is 39.0 Å². The lowest BCUT2D eigenvalue weighted by Crippen LogP contribution is -2.36. The van der Waals surface area contributed by atoms with E-state index in [0.29, 0.717) is 0 Å². The van der Waals surface area contributed by atoms with E-state index >= 15 is 0 Å². The molecule has 2 N–H and O–H groups in total. The summed E-state index contributed by atoms with van der Waals surface area (Å²) in [5.41, 5.74) is 10.8. The molecule has 1 saturated carbocycles. The largest absolute Gasteiger partial charge is 0.321 e. The van der Waals surface area contributed by atoms with Crippen LogP contribution in [0.25, 0.3) is 0 Å². The average molecular weight is 259 g/mol. The van der Waals surface area contributed by atoms with E-state index in [4.69, 9.17) is 5.73 Å². The van der Waals surface area contributed by atoms with Crippen molar-refractivity contribution in [1.29, 1.82) is 0 Å². The summed E-state index contributed by atoms with van der Waals surface area (Å²) in [7, 11) is 0. The van der Waals surface area contributed by atoms with Gasteiger partial charge in [0.15, 0.2) is 0 Å². The third kappa shape index (κ3) is 3.39. The molecule has 2 atom stereocenters. The molecule has 0 spiro atoms. The van der Waals surface area contributed by atoms with E-state index in [1.165, 1.54) is 48.8 Å². The van der Waals surface area contributed by atoms with Gasteiger partial charge in [-0.3, -0.25) is 0 Å². The summed E-state index contributed by atoms with van der Waals surface area (Å²) in [6.07, 6.45) is 8.96. The number of aryl methyl sites for hydroxylation is 2. The minimum atomic E-state index is -0.0831. The second kappa shape index (κ2) is 6.09. The van der Waals surface area contributed by atoms with Crippen molar-refractivity contribution in [1.82, 2.24) is 0 Å². The van der Waals surface area contributed by atoms with Crippen molar-refractivity contribution in [2.24, 2.45) is 11.7 Å². The van der Waals surface area contributed by atoms with Gasteiger partial charge in [-0.15, -0.1) is 0 Å². The molecule has 2 rings (SSSR count). The molecule has 0 bridgehead atoms. The van der Waals surface area contributed by atoms with Gasteiger partial charge >= 0.3 is 0 Å². The Labute approximate surface area is 118 Å². The van der Waals surface area contributed by atoms with Crippen LogP contribution < -0.4 is 5.73 Å². The summed E-state index contributed by atoms with van der Waals surface area (Å²) in [6.45, 7) is 6.67. The summed E-state index contributed by atoms with van der Waals surface area (Å²) < 4.78 is 0. The fourth-order valence-electron chi connectivity index (χ4n) is 3.78. The van der Waals surface area contributed by atoms with Crippen molar-refractivity contribution >= 4 is 0 Å². The van der Waals surface area contributed by atoms with Gasteiger partial charge in [-0.25, -0.2) is 0 Å². The molecule has 0 saturated heterocycles. The van der Waals surface area contributed by atoms with Crippen LogP contribution in [-0.2, 0) is 5.54 Å². The molecule has 19 heavy (non-hydrogen) atoms. The first kappa shape index (κ1) is 14.6. The Morgan fingerprint density at radius 2 is 2.00 bits per heavy atom. The third-order valence-corrected chi connectivity index (χ3v) is 4.85. The van der Waals surface area contributed by atoms with Crippen LogP contribution in [0.2, 0.25) is 0 Å². The molecular formula is C18H29N. The van der Waals surface area contributed by atoms with Gasteiger partial charge in [0.25, 0.3) is 0 Å². The third-order valence-electron chi connectivity index (χ3n) is 4.85. The maximum atomic E-state index is 6.79. The molecule has 1 fully saturated rings. The van der Waals surface area contributed by atoms with E-state index in [-0.39, 0.29) is 5.54 Å². The monoisotopic (exact) mass is 259 g/mol. The molecule has 0 aliphatic heterocycles. The lowest BCUT2D eigenvalue weighted by atomic mass is 9.81. The van der Waals surface area contributed by atoms with Crippen LogP contribution in [0.15, 0.2) is 18.2 Å². The number of nitrogens with two attached hydrogens (primary N) is 1. The minimum Gasteiger partial charge on any atom is -0.321 e. The van der Waals surface area contributed by atoms with Crippen LogP contribution in [0, 0.1) is 19.8 Å². The Morgan fingerprint density at radius 1 is 1.21 bits per heavy atom. The SMILES string of the molecule is CCCC1CCCC(N)(c2ccc(C)cc2C)CC1. The van der Waals surface area contributed by atoms with Crippen LogP contribution in [0.3, 0.4) is 0 Å². The summed E-state index contributed by atoms with van der Waals surface area (Å²) >= 11 is 0. The van der Waals surface area contributed by atoms with E-state index in [9.17, 15) is 0 Å². The van der Waals surface area contributed by atoms with Crippen LogP contribution in [0.1, 0.15) is 68.6 Å². The van der Waals surface area contributed by atoms with Gasteiger partial charge in [0, 0.05) is 5.54 Å². The predicted molar refractivity (Wildman–Crippen MR) is 83.3 cm³/mol. The highest BCUT2D eigenvalue weighted by Crippen LogP contribution is 2.38. The first-order valence-corrected chi connectivity index (χ1v) is 7.92. The molecule has 1 heteroatoms. The molecule has 106 valence electrons. The van der Waals surface area contributed by atoms with Gasteiger partial charge in [0.2, 0.25) is 0 Å². The Kier molecular flexibility index (Phi) is 4.67. The molecule has 0 heterocycles. The zero-order chi connectivity index (χ0) is 13.9. The van der Waals surface area contributed by atoms with Gasteiger partial charge in [-0.1, -0.05) is 56.4 Å². The van der Waals surface area contributed by atoms with Gasteiger partial charge in [-0.2, -0.15) is 0 Å². The van der Waals surface area contributed by atoms with E-state index in [0.717, 1.165) is 18.8 Å². The molecule has 1 aliphatic rings. The highest BCUT2D eigenvalue weighted by Gasteiger charge is 2.31. The molecular weight excluding hydrogens is 230 g/mol. The molecule has 0 radical (unpaired) electrons. The highest BCUT2D eigenvalue weighted by molar-refractivity contribution is 5.35. The zero-order valence-corrected chi connectivity index (χ0v) is 12.8. The van der Waals surface area contributed by atoms with E-state index in [1.54, 1.807) is 0 Å². The topological polar surface area (TPSA) is 26.0 Å². The summed E-state index contributed by atoms with van der Waals surface area (Å²) in [4.78, 5) is 0. The summed E-state index contributed by atoms with van der Waals surface area (Å²) in [5, 5.41) is 0. The molecule has 0 amide bonds. The van der Waals surface area contributed by atoms with Gasteiger partial charge in [0.1, 0.15) is 0 Å². The lowest BCUT2D eigenvalue weighted by Gasteiger charge is -2.30. The van der Waals surface area contributed by atoms with Crippen molar-refractivity contribution in [3.8, 4) is 0 Å². The van der Waals surface area contributed by atoms with Crippen molar-refractivity contribution in [2.45, 2.75) is 71.3 Å². The lowest BCUT2D eigenvalue weighted by molar-refractivity contribution is 0.365. The van der Waals surface area contributed by atoms with Crippen LogP contribution in [0.5, 0.6) is 0 Å². The smallest absolute Gasteiger partial charge is 0.0412 e. The standard InChI is InChI=1S/C18H29N/c1-4-6-16-7-5-11-18(19,12-10-16)17-9-8-14(2)13-15(17)3/h8-9,13,16H,4-7,10-12,19H2,1-3H3. The Bertz CT molecular complexity index is 424. The Morgan fingerprint density at radius 3 is 2.68 bits per heavy atom. The van der Waals surface area contributed by atoms with Gasteiger partial charge in [-0.05, 0) is 50.2 Å². The van der Waals surface area contributed by atoms with Gasteiger partial charge in [0.05, 0.1) is 0 Å². The Balaban J connectivity index is 2.17. The van der Waals surface area contributed by atoms with Gasteiger partial charge < -0.3 is 5.73 Å². The quantitative estimate of drug-likeness (QED) is 0.772. The number of rotatable bonds is 3.